The predicted octanol–water partition coefficient (Wildman–Crippen LogP) is 10.2. The molecule has 0 radical (unpaired) electrons. The molecule has 4 aromatic rings. The van der Waals surface area contributed by atoms with Crippen LogP contribution in [0.1, 0.15) is 92.0 Å². The van der Waals surface area contributed by atoms with Crippen molar-refractivity contribution in [3.8, 4) is 0 Å². The summed E-state index contributed by atoms with van der Waals surface area (Å²) in [6, 6.07) is 30.0. The van der Waals surface area contributed by atoms with E-state index in [-0.39, 0.29) is 16.7 Å². The van der Waals surface area contributed by atoms with Crippen molar-refractivity contribution in [1.82, 2.24) is 0 Å². The van der Waals surface area contributed by atoms with Crippen molar-refractivity contribution in [1.29, 1.82) is 0 Å². The van der Waals surface area contributed by atoms with Crippen molar-refractivity contribution < 1.29 is 0 Å². The number of fused-ring (bicyclic) bond motifs is 2. The summed E-state index contributed by atoms with van der Waals surface area (Å²) in [5.41, 5.74) is 14.9. The lowest BCUT2D eigenvalue weighted by Crippen LogP contribution is -2.25. The number of aryl methyl sites for hydroxylation is 3. The van der Waals surface area contributed by atoms with E-state index in [2.05, 4.69) is 146 Å². The third-order valence-electron chi connectivity index (χ3n) is 7.94. The Kier molecular flexibility index (Phi) is 6.10. The van der Waals surface area contributed by atoms with E-state index in [0.29, 0.717) is 0 Å². The molecule has 1 aliphatic rings. The van der Waals surface area contributed by atoms with E-state index in [0.717, 1.165) is 0 Å². The van der Waals surface area contributed by atoms with Crippen LogP contribution in [0.5, 0.6) is 0 Å². The number of rotatable bonds is 2. The Labute approximate surface area is 224 Å². The third kappa shape index (κ3) is 4.50. The van der Waals surface area contributed by atoms with E-state index in [1.165, 1.54) is 61.6 Å². The summed E-state index contributed by atoms with van der Waals surface area (Å²) in [5.74, 6) is 0.189. The van der Waals surface area contributed by atoms with Crippen LogP contribution in [0.3, 0.4) is 0 Å². The average molecular weight is 488 g/mol. The number of nitrogens with zero attached hydrogens (tertiary/aromatic N) is 1. The van der Waals surface area contributed by atoms with Gasteiger partial charge in [-0.1, -0.05) is 102 Å². The van der Waals surface area contributed by atoms with Crippen LogP contribution in [0.25, 0.3) is 0 Å². The molecule has 1 aliphatic heterocycles. The first-order valence-electron chi connectivity index (χ1n) is 13.6. The molecule has 0 spiro atoms. The summed E-state index contributed by atoms with van der Waals surface area (Å²) in [5, 5.41) is 0. The van der Waals surface area contributed by atoms with E-state index in [1.807, 2.05) is 0 Å². The van der Waals surface area contributed by atoms with Gasteiger partial charge in [0, 0.05) is 11.6 Å². The van der Waals surface area contributed by atoms with Crippen LogP contribution in [-0.2, 0) is 10.8 Å². The number of hydrogen-bond donors (Lipinski definition) is 0. The molecule has 0 amide bonds. The maximum atomic E-state index is 2.50. The summed E-state index contributed by atoms with van der Waals surface area (Å²) in [6.45, 7) is 20.6. The minimum absolute atomic E-state index is 0.0656. The molecule has 0 fully saturated rings. The normalized spacial score (nSPS) is 13.9. The molecular weight excluding hydrogens is 446 g/mol. The van der Waals surface area contributed by atoms with E-state index < -0.39 is 0 Å². The van der Waals surface area contributed by atoms with Gasteiger partial charge in [-0.05, 0) is 94.8 Å². The second-order valence-electron chi connectivity index (χ2n) is 13.0. The zero-order valence-electron chi connectivity index (χ0n) is 24.0. The first-order chi connectivity index (χ1) is 17.4. The van der Waals surface area contributed by atoms with Gasteiger partial charge in [-0.2, -0.15) is 0 Å². The largest absolute Gasteiger partial charge is 0.310 e. The molecule has 0 aliphatic carbocycles. The van der Waals surface area contributed by atoms with Gasteiger partial charge in [-0.3, -0.25) is 0 Å². The van der Waals surface area contributed by atoms with E-state index in [4.69, 9.17) is 0 Å². The molecule has 5 rings (SSSR count). The number of para-hydroxylation sites is 1. The van der Waals surface area contributed by atoms with Crippen molar-refractivity contribution in [2.75, 3.05) is 4.90 Å². The molecule has 4 aromatic carbocycles. The van der Waals surface area contributed by atoms with Crippen LogP contribution in [0, 0.1) is 20.8 Å². The summed E-state index contributed by atoms with van der Waals surface area (Å²) >= 11 is 0. The van der Waals surface area contributed by atoms with Crippen LogP contribution < -0.4 is 4.90 Å². The van der Waals surface area contributed by atoms with E-state index >= 15 is 0 Å². The van der Waals surface area contributed by atoms with Crippen LogP contribution in [0.2, 0.25) is 0 Å². The zero-order chi connectivity index (χ0) is 26.7. The fraction of sp³-hybridized carbons (Fsp3) is 0.333. The molecule has 1 nitrogen and oxygen atoms in total. The van der Waals surface area contributed by atoms with Gasteiger partial charge in [0.05, 0.1) is 11.4 Å². The van der Waals surface area contributed by atoms with Crippen LogP contribution in [-0.4, -0.2) is 0 Å². The van der Waals surface area contributed by atoms with Gasteiger partial charge in [0.25, 0.3) is 0 Å². The highest BCUT2D eigenvalue weighted by Crippen LogP contribution is 2.53. The molecule has 0 saturated carbocycles. The Balaban J connectivity index is 1.89. The average Bonchev–Trinajstić information content (AvgIpc) is 2.81. The highest BCUT2D eigenvalue weighted by atomic mass is 15.2. The van der Waals surface area contributed by atoms with Crippen molar-refractivity contribution >= 4 is 17.1 Å². The lowest BCUT2D eigenvalue weighted by molar-refractivity contribution is 0.589. The smallest absolute Gasteiger partial charge is 0.0506 e. The predicted molar refractivity (Wildman–Crippen MR) is 160 cm³/mol. The highest BCUT2D eigenvalue weighted by Gasteiger charge is 2.35. The fourth-order valence-corrected chi connectivity index (χ4v) is 6.01. The first-order valence-corrected chi connectivity index (χ1v) is 13.6. The molecule has 0 bridgehead atoms. The van der Waals surface area contributed by atoms with Gasteiger partial charge in [0.1, 0.15) is 0 Å². The second kappa shape index (κ2) is 8.91. The van der Waals surface area contributed by atoms with Crippen LogP contribution >= 0.6 is 0 Å². The minimum atomic E-state index is 0.0656. The lowest BCUT2D eigenvalue weighted by atomic mass is 9.74. The number of anilines is 3. The van der Waals surface area contributed by atoms with Crippen molar-refractivity contribution in [3.05, 3.63) is 123 Å². The molecule has 0 aromatic heterocycles. The zero-order valence-corrected chi connectivity index (χ0v) is 24.0. The Bertz CT molecular complexity index is 1370. The molecule has 0 N–H and O–H groups in total. The molecule has 0 atom stereocenters. The summed E-state index contributed by atoms with van der Waals surface area (Å²) in [4.78, 5) is 2.50. The van der Waals surface area contributed by atoms with Crippen molar-refractivity contribution in [3.63, 3.8) is 0 Å². The van der Waals surface area contributed by atoms with E-state index in [1.54, 1.807) is 0 Å². The second-order valence-corrected chi connectivity index (χ2v) is 13.0. The Morgan fingerprint density at radius 1 is 0.568 bits per heavy atom. The van der Waals surface area contributed by atoms with Gasteiger partial charge in [0.15, 0.2) is 0 Å². The molecule has 190 valence electrons. The van der Waals surface area contributed by atoms with E-state index in [9.17, 15) is 0 Å². The highest BCUT2D eigenvalue weighted by molar-refractivity contribution is 5.87. The molecule has 0 unspecified atom stereocenters. The van der Waals surface area contributed by atoms with Gasteiger partial charge < -0.3 is 4.90 Å². The Hall–Kier alpha value is -3.32. The monoisotopic (exact) mass is 487 g/mol. The number of hydrogen-bond acceptors (Lipinski definition) is 1. The van der Waals surface area contributed by atoms with Crippen LogP contribution in [0.4, 0.5) is 17.1 Å². The fourth-order valence-electron chi connectivity index (χ4n) is 6.01. The van der Waals surface area contributed by atoms with Crippen LogP contribution in [0.15, 0.2) is 78.9 Å². The summed E-state index contributed by atoms with van der Waals surface area (Å²) in [7, 11) is 0. The number of benzene rings is 4. The molecule has 1 heteroatoms. The van der Waals surface area contributed by atoms with Gasteiger partial charge in [0.2, 0.25) is 0 Å². The lowest BCUT2D eigenvalue weighted by Gasteiger charge is -2.40. The standard InChI is InChI=1S/C36H41N/c1-23-19-24(2)33(25(3)20-23)34-29-17-15-26(35(4,5)6)21-31(29)37(28-13-11-10-12-14-28)32-22-27(36(7,8)9)16-18-30(32)34/h10-22,34H,1-9H3. The molecule has 37 heavy (non-hydrogen) atoms. The van der Waals surface area contributed by atoms with Gasteiger partial charge in [-0.25, -0.2) is 0 Å². The summed E-state index contributed by atoms with van der Waals surface area (Å²) in [6.07, 6.45) is 0. The summed E-state index contributed by atoms with van der Waals surface area (Å²) < 4.78 is 0. The first kappa shape index (κ1) is 25.3. The SMILES string of the molecule is Cc1cc(C)c(C2c3ccc(C(C)(C)C)cc3N(c3ccccc3)c3cc(C(C)(C)C)ccc32)c(C)c1. The van der Waals surface area contributed by atoms with Crippen molar-refractivity contribution in [2.45, 2.75) is 79.1 Å². The maximum Gasteiger partial charge on any atom is 0.0506 e. The topological polar surface area (TPSA) is 3.24 Å². The molecular formula is C36H41N. The molecule has 1 heterocycles. The van der Waals surface area contributed by atoms with Gasteiger partial charge >= 0.3 is 0 Å². The third-order valence-corrected chi connectivity index (χ3v) is 7.94. The maximum absolute atomic E-state index is 2.50. The Morgan fingerprint density at radius 3 is 1.46 bits per heavy atom. The Morgan fingerprint density at radius 2 is 1.03 bits per heavy atom. The molecule has 0 saturated heterocycles. The quantitative estimate of drug-likeness (QED) is 0.239. The van der Waals surface area contributed by atoms with Gasteiger partial charge in [-0.15, -0.1) is 0 Å². The van der Waals surface area contributed by atoms with Crippen molar-refractivity contribution in [2.24, 2.45) is 0 Å². The minimum Gasteiger partial charge on any atom is -0.310 e.